The van der Waals surface area contributed by atoms with Crippen LogP contribution in [0.3, 0.4) is 0 Å². The highest BCUT2D eigenvalue weighted by Crippen LogP contribution is 2.30. The molecule has 1 fully saturated rings. The first-order valence-electron chi connectivity index (χ1n) is 8.61. The fourth-order valence-corrected chi connectivity index (χ4v) is 4.17. The number of likely N-dealkylation sites (tertiary alicyclic amines) is 1. The molecular weight excluding hydrogens is 264 g/mol. The number of thioether (sulfide) groups is 1. The van der Waals surface area contributed by atoms with Crippen molar-refractivity contribution in [1.82, 2.24) is 10.2 Å². The lowest BCUT2D eigenvalue weighted by Crippen LogP contribution is -2.46. The van der Waals surface area contributed by atoms with Crippen LogP contribution in [0.4, 0.5) is 0 Å². The van der Waals surface area contributed by atoms with E-state index in [0.29, 0.717) is 10.8 Å². The topological polar surface area (TPSA) is 15.3 Å². The van der Waals surface area contributed by atoms with E-state index in [9.17, 15) is 0 Å². The summed E-state index contributed by atoms with van der Waals surface area (Å²) in [6.45, 7) is 14.4. The van der Waals surface area contributed by atoms with Gasteiger partial charge in [-0.2, -0.15) is 11.8 Å². The van der Waals surface area contributed by atoms with Gasteiger partial charge >= 0.3 is 0 Å². The monoisotopic (exact) mass is 300 g/mol. The number of hydrogen-bond acceptors (Lipinski definition) is 3. The molecule has 0 aromatic carbocycles. The maximum atomic E-state index is 3.85. The minimum Gasteiger partial charge on any atom is -0.313 e. The van der Waals surface area contributed by atoms with Crippen molar-refractivity contribution in [2.45, 2.75) is 70.6 Å². The highest BCUT2D eigenvalue weighted by molar-refractivity contribution is 8.00. The smallest absolute Gasteiger partial charge is 0.0276 e. The number of nitrogens with zero attached hydrogens (tertiary/aromatic N) is 1. The summed E-state index contributed by atoms with van der Waals surface area (Å²) in [7, 11) is 0. The standard InChI is InChI=1S/C17H36N2S/c1-6-11-19-12-9-16(10-13-19)15(4)18-14-17(7-2,8-3)20-5/h15-16,18H,6-14H2,1-5H3. The first-order chi connectivity index (χ1) is 9.60. The van der Waals surface area contributed by atoms with Crippen LogP contribution in [0.15, 0.2) is 0 Å². The molecule has 1 rings (SSSR count). The van der Waals surface area contributed by atoms with Gasteiger partial charge in [0.25, 0.3) is 0 Å². The molecule has 0 bridgehead atoms. The Bertz CT molecular complexity index is 237. The van der Waals surface area contributed by atoms with Crippen molar-refractivity contribution in [1.29, 1.82) is 0 Å². The minimum absolute atomic E-state index is 0.442. The summed E-state index contributed by atoms with van der Waals surface area (Å²) < 4.78 is 0.442. The van der Waals surface area contributed by atoms with Gasteiger partial charge in [-0.1, -0.05) is 20.8 Å². The molecule has 1 aliphatic heterocycles. The molecular formula is C17H36N2S. The molecule has 1 aliphatic rings. The number of rotatable bonds is 9. The van der Waals surface area contributed by atoms with E-state index in [1.807, 2.05) is 11.8 Å². The molecule has 0 aliphatic carbocycles. The first-order valence-corrected chi connectivity index (χ1v) is 9.84. The summed E-state index contributed by atoms with van der Waals surface area (Å²) in [5.74, 6) is 0.872. The van der Waals surface area contributed by atoms with E-state index in [1.165, 1.54) is 51.7 Å². The van der Waals surface area contributed by atoms with Crippen molar-refractivity contribution < 1.29 is 0 Å². The summed E-state index contributed by atoms with van der Waals surface area (Å²) in [6.07, 6.45) is 8.83. The number of nitrogens with one attached hydrogen (secondary N) is 1. The van der Waals surface area contributed by atoms with Crippen molar-refractivity contribution in [3.05, 3.63) is 0 Å². The Kier molecular flexibility index (Phi) is 8.54. The Morgan fingerprint density at radius 1 is 1.20 bits per heavy atom. The lowest BCUT2D eigenvalue weighted by Gasteiger charge is -2.37. The Hall–Kier alpha value is 0.270. The van der Waals surface area contributed by atoms with Crippen molar-refractivity contribution in [3.8, 4) is 0 Å². The highest BCUT2D eigenvalue weighted by atomic mass is 32.2. The molecule has 1 unspecified atom stereocenters. The highest BCUT2D eigenvalue weighted by Gasteiger charge is 2.28. The molecule has 0 radical (unpaired) electrons. The third-order valence-corrected chi connectivity index (χ3v) is 6.93. The van der Waals surface area contributed by atoms with E-state index in [1.54, 1.807) is 0 Å². The van der Waals surface area contributed by atoms with Crippen LogP contribution in [0.2, 0.25) is 0 Å². The molecule has 3 heteroatoms. The average molecular weight is 301 g/mol. The Labute approximate surface area is 131 Å². The summed E-state index contributed by atoms with van der Waals surface area (Å²) in [5.41, 5.74) is 0. The van der Waals surface area contributed by atoms with Gasteiger partial charge in [0.2, 0.25) is 0 Å². The van der Waals surface area contributed by atoms with E-state index >= 15 is 0 Å². The molecule has 1 N–H and O–H groups in total. The van der Waals surface area contributed by atoms with Crippen LogP contribution in [0.5, 0.6) is 0 Å². The molecule has 0 aromatic heterocycles. The predicted molar refractivity (Wildman–Crippen MR) is 93.7 cm³/mol. The summed E-state index contributed by atoms with van der Waals surface area (Å²) in [4.78, 5) is 2.63. The Morgan fingerprint density at radius 3 is 2.25 bits per heavy atom. The van der Waals surface area contributed by atoms with Crippen molar-refractivity contribution in [3.63, 3.8) is 0 Å². The lowest BCUT2D eigenvalue weighted by atomic mass is 9.89. The third kappa shape index (κ3) is 5.23. The van der Waals surface area contributed by atoms with Crippen LogP contribution in [-0.4, -0.2) is 48.1 Å². The second kappa shape index (κ2) is 9.32. The van der Waals surface area contributed by atoms with Crippen molar-refractivity contribution in [2.75, 3.05) is 32.4 Å². The zero-order valence-corrected chi connectivity index (χ0v) is 15.2. The zero-order chi connectivity index (χ0) is 15.0. The molecule has 0 aromatic rings. The minimum atomic E-state index is 0.442. The van der Waals surface area contributed by atoms with Crippen LogP contribution in [0.1, 0.15) is 59.8 Å². The number of hydrogen-bond donors (Lipinski definition) is 1. The van der Waals surface area contributed by atoms with E-state index in [2.05, 4.69) is 44.2 Å². The molecule has 120 valence electrons. The van der Waals surface area contributed by atoms with Gasteiger partial charge in [-0.15, -0.1) is 0 Å². The number of piperidine rings is 1. The van der Waals surface area contributed by atoms with Crippen LogP contribution in [0.25, 0.3) is 0 Å². The summed E-state index contributed by atoms with van der Waals surface area (Å²) in [6, 6.07) is 0.670. The van der Waals surface area contributed by atoms with Gasteiger partial charge in [0.15, 0.2) is 0 Å². The molecule has 1 saturated heterocycles. The molecule has 0 spiro atoms. The fraction of sp³-hybridized carbons (Fsp3) is 1.00. The zero-order valence-electron chi connectivity index (χ0n) is 14.4. The molecule has 2 nitrogen and oxygen atoms in total. The quantitative estimate of drug-likeness (QED) is 0.692. The van der Waals surface area contributed by atoms with E-state index in [4.69, 9.17) is 0 Å². The largest absolute Gasteiger partial charge is 0.313 e. The van der Waals surface area contributed by atoms with E-state index in [0.717, 1.165) is 12.5 Å². The third-order valence-electron chi connectivity index (χ3n) is 5.35. The molecule has 0 amide bonds. The van der Waals surface area contributed by atoms with Crippen LogP contribution < -0.4 is 5.32 Å². The van der Waals surface area contributed by atoms with Crippen LogP contribution in [0, 0.1) is 5.92 Å². The summed E-state index contributed by atoms with van der Waals surface area (Å²) >= 11 is 2.04. The SMILES string of the molecule is CCCN1CCC(C(C)NCC(CC)(CC)SC)CC1. The van der Waals surface area contributed by atoms with Gasteiger partial charge in [-0.3, -0.25) is 0 Å². The second-order valence-electron chi connectivity index (χ2n) is 6.44. The average Bonchev–Trinajstić information content (AvgIpc) is 2.50. The maximum Gasteiger partial charge on any atom is 0.0276 e. The molecule has 1 heterocycles. The molecule has 0 saturated carbocycles. The maximum absolute atomic E-state index is 3.85. The van der Waals surface area contributed by atoms with Gasteiger partial charge in [-0.25, -0.2) is 0 Å². The van der Waals surface area contributed by atoms with Crippen molar-refractivity contribution >= 4 is 11.8 Å². The van der Waals surface area contributed by atoms with Gasteiger partial charge in [-0.05, 0) is 70.8 Å². The van der Waals surface area contributed by atoms with Gasteiger partial charge < -0.3 is 10.2 Å². The molecule has 1 atom stereocenters. The van der Waals surface area contributed by atoms with Crippen LogP contribution in [-0.2, 0) is 0 Å². The lowest BCUT2D eigenvalue weighted by molar-refractivity contribution is 0.161. The van der Waals surface area contributed by atoms with Crippen molar-refractivity contribution in [2.24, 2.45) is 5.92 Å². The van der Waals surface area contributed by atoms with Crippen LogP contribution >= 0.6 is 11.8 Å². The molecule has 20 heavy (non-hydrogen) atoms. The van der Waals surface area contributed by atoms with Gasteiger partial charge in [0.1, 0.15) is 0 Å². The van der Waals surface area contributed by atoms with Gasteiger partial charge in [0, 0.05) is 17.3 Å². The van der Waals surface area contributed by atoms with Gasteiger partial charge in [0.05, 0.1) is 0 Å². The predicted octanol–water partition coefficient (Wildman–Crippen LogP) is 4.01. The first kappa shape index (κ1) is 18.3. The second-order valence-corrected chi connectivity index (χ2v) is 7.72. The summed E-state index contributed by atoms with van der Waals surface area (Å²) in [5, 5.41) is 3.85. The normalized spacial score (nSPS) is 20.2. The Morgan fingerprint density at radius 2 is 1.80 bits per heavy atom. The fourth-order valence-electron chi connectivity index (χ4n) is 3.37. The Balaban J connectivity index is 2.34. The van der Waals surface area contributed by atoms with E-state index in [-0.39, 0.29) is 0 Å². The van der Waals surface area contributed by atoms with E-state index < -0.39 is 0 Å².